The topological polar surface area (TPSA) is 102 Å². The number of nitrogens with zero attached hydrogens (tertiary/aromatic N) is 3. The summed E-state index contributed by atoms with van der Waals surface area (Å²) in [4.78, 5) is 43.2. The second kappa shape index (κ2) is 14.2. The molecule has 0 spiro atoms. The maximum atomic E-state index is 14.0. The van der Waals surface area contributed by atoms with Gasteiger partial charge in [-0.15, -0.1) is 0 Å². The zero-order valence-electron chi connectivity index (χ0n) is 27.6. The molecule has 0 bridgehead atoms. The molecule has 3 heterocycles. The number of carbonyl (C=O) groups excluding carboxylic acids is 3. The van der Waals surface area contributed by atoms with Crippen LogP contribution in [0.5, 0.6) is 0 Å². The third-order valence-corrected chi connectivity index (χ3v) is 9.98. The Balaban J connectivity index is 1.08. The fourth-order valence-electron chi connectivity index (χ4n) is 6.97. The van der Waals surface area contributed by atoms with Crippen LogP contribution in [-0.4, -0.2) is 90.4 Å². The molecule has 5 rings (SSSR count). The number of aliphatic hydroxyl groups is 1. The van der Waals surface area contributed by atoms with Crippen LogP contribution in [0.4, 0.5) is 23.7 Å². The van der Waals surface area contributed by atoms with E-state index in [4.69, 9.17) is 16.3 Å². The van der Waals surface area contributed by atoms with Crippen LogP contribution in [-0.2, 0) is 15.1 Å². The molecule has 3 fully saturated rings. The highest BCUT2D eigenvalue weighted by molar-refractivity contribution is 6.34. The Labute approximate surface area is 284 Å². The van der Waals surface area contributed by atoms with Gasteiger partial charge in [-0.05, 0) is 76.5 Å². The number of alkyl halides is 3. The zero-order chi connectivity index (χ0) is 34.9. The number of likely N-dealkylation sites (tertiary alicyclic amines) is 2. The van der Waals surface area contributed by atoms with Gasteiger partial charge in [0.05, 0.1) is 10.6 Å². The maximum Gasteiger partial charge on any atom is 0.430 e. The first-order valence-electron chi connectivity index (χ1n) is 16.5. The molecule has 0 unspecified atom stereocenters. The first-order valence-corrected chi connectivity index (χ1v) is 16.9. The van der Waals surface area contributed by atoms with E-state index in [0.717, 1.165) is 48.7 Å². The molecule has 3 amide bonds. The van der Waals surface area contributed by atoms with Crippen molar-refractivity contribution in [1.29, 1.82) is 0 Å². The Bertz CT molecular complexity index is 1460. The highest BCUT2D eigenvalue weighted by Gasteiger charge is 2.62. The number of rotatable bonds is 7. The van der Waals surface area contributed by atoms with E-state index in [1.807, 2.05) is 12.1 Å². The summed E-state index contributed by atoms with van der Waals surface area (Å²) in [5.41, 5.74) is -3.28. The van der Waals surface area contributed by atoms with Crippen LogP contribution in [0.25, 0.3) is 0 Å². The smallest absolute Gasteiger partial charge is 0.430 e. The lowest BCUT2D eigenvalue weighted by atomic mass is 9.78. The van der Waals surface area contributed by atoms with Crippen molar-refractivity contribution < 1.29 is 37.4 Å². The van der Waals surface area contributed by atoms with Crippen molar-refractivity contribution in [2.45, 2.75) is 63.8 Å². The van der Waals surface area contributed by atoms with Crippen LogP contribution in [0, 0.1) is 17.8 Å². The van der Waals surface area contributed by atoms with E-state index in [0.29, 0.717) is 49.0 Å². The van der Waals surface area contributed by atoms with Gasteiger partial charge in [-0.3, -0.25) is 9.59 Å². The molecule has 2 aromatic carbocycles. The SMILES string of the molecule is CC(C)(C)OC(=O)NCC1CN(C(=O)c2ccc(N3CCC(C4CCN(C(=O)[C@](O)(c5ccccc5)C(F)(F)F)CC4)CC3)cc2Cl)C1. The molecule has 2 N–H and O–H groups in total. The van der Waals surface area contributed by atoms with Crippen molar-refractivity contribution in [1.82, 2.24) is 15.1 Å². The number of amides is 3. The van der Waals surface area contributed by atoms with Gasteiger partial charge < -0.3 is 29.9 Å². The second-order valence-corrected chi connectivity index (χ2v) is 14.6. The van der Waals surface area contributed by atoms with Crippen LogP contribution < -0.4 is 10.2 Å². The summed E-state index contributed by atoms with van der Waals surface area (Å²) >= 11 is 6.59. The molecule has 2 aromatic rings. The number of nitrogens with one attached hydrogen (secondary N) is 1. The number of hydrogen-bond donors (Lipinski definition) is 2. The Morgan fingerprint density at radius 1 is 0.896 bits per heavy atom. The minimum Gasteiger partial charge on any atom is -0.444 e. The summed E-state index contributed by atoms with van der Waals surface area (Å²) in [5, 5.41) is 13.8. The minimum atomic E-state index is -5.15. The molecule has 13 heteroatoms. The van der Waals surface area contributed by atoms with E-state index >= 15 is 0 Å². The lowest BCUT2D eigenvalue weighted by Gasteiger charge is -2.42. The van der Waals surface area contributed by atoms with E-state index in [1.165, 1.54) is 18.2 Å². The minimum absolute atomic E-state index is 0.144. The number of anilines is 1. The van der Waals surface area contributed by atoms with Gasteiger partial charge in [0.25, 0.3) is 17.4 Å². The number of halogens is 4. The van der Waals surface area contributed by atoms with E-state index in [2.05, 4.69) is 10.2 Å². The largest absolute Gasteiger partial charge is 0.444 e. The Hall–Kier alpha value is -3.51. The van der Waals surface area contributed by atoms with Crippen LogP contribution in [0.15, 0.2) is 48.5 Å². The molecule has 0 saturated carbocycles. The van der Waals surface area contributed by atoms with Gasteiger partial charge in [-0.1, -0.05) is 41.9 Å². The molecule has 1 atom stereocenters. The first-order chi connectivity index (χ1) is 22.6. The predicted octanol–water partition coefficient (Wildman–Crippen LogP) is 5.84. The monoisotopic (exact) mass is 692 g/mol. The Morgan fingerprint density at radius 3 is 2.02 bits per heavy atom. The van der Waals surface area contributed by atoms with Gasteiger partial charge in [0.15, 0.2) is 0 Å². The highest BCUT2D eigenvalue weighted by atomic mass is 35.5. The lowest BCUT2D eigenvalue weighted by Crippen LogP contribution is -2.57. The van der Waals surface area contributed by atoms with Crippen LogP contribution in [0.1, 0.15) is 62.4 Å². The molecule has 262 valence electrons. The molecular weight excluding hydrogens is 649 g/mol. The number of piperidine rings is 2. The number of carbonyl (C=O) groups is 3. The highest BCUT2D eigenvalue weighted by Crippen LogP contribution is 2.42. The van der Waals surface area contributed by atoms with Gasteiger partial charge in [0, 0.05) is 63.0 Å². The average molecular weight is 693 g/mol. The molecule has 3 aliphatic heterocycles. The second-order valence-electron chi connectivity index (χ2n) is 14.2. The standard InChI is InChI=1S/C35H44ClF3N4O5/c1-33(2,3)48-32(46)40-20-23-21-43(22-23)30(44)28-10-9-27(19-29(28)36)41-15-11-24(12-16-41)25-13-17-42(18-14-25)31(45)34(47,35(37,38)39)26-7-5-4-6-8-26/h4-10,19,23-25,47H,11-18,20-22H2,1-3H3,(H,40,46)/t34-/m1/s1. The van der Waals surface area contributed by atoms with Gasteiger partial charge in [0.2, 0.25) is 0 Å². The molecule has 48 heavy (non-hydrogen) atoms. The summed E-state index contributed by atoms with van der Waals surface area (Å²) in [7, 11) is 0. The molecular formula is C35H44ClF3N4O5. The van der Waals surface area contributed by atoms with E-state index in [-0.39, 0.29) is 30.8 Å². The summed E-state index contributed by atoms with van der Waals surface area (Å²) in [6.07, 6.45) is -2.69. The van der Waals surface area contributed by atoms with Crippen LogP contribution >= 0.6 is 11.6 Å². The third-order valence-electron chi connectivity index (χ3n) is 9.67. The van der Waals surface area contributed by atoms with Crippen molar-refractivity contribution in [2.24, 2.45) is 17.8 Å². The molecule has 3 aliphatic rings. The van der Waals surface area contributed by atoms with Gasteiger partial charge in [-0.2, -0.15) is 13.2 Å². The first kappa shape index (κ1) is 35.8. The lowest BCUT2D eigenvalue weighted by molar-refractivity contribution is -0.262. The van der Waals surface area contributed by atoms with Gasteiger partial charge >= 0.3 is 12.3 Å². The molecule has 9 nitrogen and oxygen atoms in total. The molecule has 0 radical (unpaired) electrons. The molecule has 0 aromatic heterocycles. The van der Waals surface area contributed by atoms with Crippen molar-refractivity contribution in [3.8, 4) is 0 Å². The quantitative estimate of drug-likeness (QED) is 0.378. The summed E-state index contributed by atoms with van der Waals surface area (Å²) in [5.74, 6) is -0.686. The van der Waals surface area contributed by atoms with Crippen LogP contribution in [0.3, 0.4) is 0 Å². The molecule has 0 aliphatic carbocycles. The van der Waals surface area contributed by atoms with Crippen molar-refractivity contribution >= 4 is 35.2 Å². The fraction of sp³-hybridized carbons (Fsp3) is 0.571. The van der Waals surface area contributed by atoms with Crippen LogP contribution in [0.2, 0.25) is 5.02 Å². The summed E-state index contributed by atoms with van der Waals surface area (Å²) in [6, 6.07) is 12.0. The van der Waals surface area contributed by atoms with Crippen molar-refractivity contribution in [3.63, 3.8) is 0 Å². The van der Waals surface area contributed by atoms with E-state index < -0.39 is 34.9 Å². The predicted molar refractivity (Wildman–Crippen MR) is 176 cm³/mol. The number of ether oxygens (including phenoxy) is 1. The summed E-state index contributed by atoms with van der Waals surface area (Å²) < 4.78 is 47.4. The number of alkyl carbamates (subject to hydrolysis) is 1. The Kier molecular flexibility index (Phi) is 10.6. The van der Waals surface area contributed by atoms with Crippen molar-refractivity contribution in [3.05, 3.63) is 64.7 Å². The normalized spacial score (nSPS) is 19.8. The van der Waals surface area contributed by atoms with Gasteiger partial charge in [-0.25, -0.2) is 4.79 Å². The number of hydrogen-bond acceptors (Lipinski definition) is 6. The fourth-order valence-corrected chi connectivity index (χ4v) is 7.23. The van der Waals surface area contributed by atoms with E-state index in [9.17, 15) is 32.7 Å². The van der Waals surface area contributed by atoms with E-state index in [1.54, 1.807) is 31.7 Å². The third kappa shape index (κ3) is 7.86. The summed E-state index contributed by atoms with van der Waals surface area (Å²) in [6.45, 7) is 8.73. The average Bonchev–Trinajstić information content (AvgIpc) is 3.02. The van der Waals surface area contributed by atoms with Gasteiger partial charge in [0.1, 0.15) is 5.60 Å². The number of benzene rings is 2. The maximum absolute atomic E-state index is 14.0. The molecule has 3 saturated heterocycles. The zero-order valence-corrected chi connectivity index (χ0v) is 28.3. The van der Waals surface area contributed by atoms with Crippen molar-refractivity contribution in [2.75, 3.05) is 50.7 Å². The Morgan fingerprint density at radius 2 is 1.48 bits per heavy atom.